The Hall–Kier alpha value is -4.64. The Morgan fingerprint density at radius 2 is 1.25 bits per heavy atom. The summed E-state index contributed by atoms with van der Waals surface area (Å²) >= 11 is 0. The molecule has 3 aliphatic rings. The van der Waals surface area contributed by atoms with Gasteiger partial charge in [0.1, 0.15) is 21.6 Å². The van der Waals surface area contributed by atoms with Crippen LogP contribution in [0.2, 0.25) is 0 Å². The minimum absolute atomic E-state index is 0.105. The molecule has 0 saturated carbocycles. The zero-order chi connectivity index (χ0) is 43.0. The van der Waals surface area contributed by atoms with Crippen LogP contribution in [0.3, 0.4) is 0 Å². The maximum atomic E-state index is 12.0. The number of quaternary nitrogens is 1. The van der Waals surface area contributed by atoms with Gasteiger partial charge in [0.25, 0.3) is 30.4 Å². The molecule has 7 rings (SSSR count). The number of nitrogens with zero attached hydrogens (tertiary/aromatic N) is 3. The standard InChI is InChI=1S/C40H44N4O12S4/c45-57(46,47)24-20-41-35-16-14-31-8-1-3-10-33(31)39(35)43(22-26-59(51,52)53)37(41)18-12-29-6-5-7-30(28-29)13-19-38-42(21-25-58(48,49)50)36-17-15-32-9-2-4-11-34(32)40(36)44(38)23-27-60(54,55)56/h1-4,8-19,28,37H,5-7,20-27H2,(H,45,46,47)(H,48,49,50)(H,51,52,53)(H,54,55,56)/b18-12+,30-13+,38-19-. The topological polar surface area (TPSA) is 234 Å². The van der Waals surface area contributed by atoms with E-state index in [-0.39, 0.29) is 26.2 Å². The second kappa shape index (κ2) is 17.0. The van der Waals surface area contributed by atoms with Crippen molar-refractivity contribution in [1.29, 1.82) is 0 Å². The summed E-state index contributed by atoms with van der Waals surface area (Å²) in [5, 5.41) is 3.26. The number of allylic oxidation sites excluding steroid dienone is 6. The monoisotopic (exact) mass is 900 g/mol. The molecule has 2 atom stereocenters. The third-order valence-corrected chi connectivity index (χ3v) is 13.6. The molecule has 1 aliphatic carbocycles. The highest BCUT2D eigenvalue weighted by molar-refractivity contribution is 7.86. The summed E-state index contributed by atoms with van der Waals surface area (Å²) in [6, 6.07) is 22.2. The summed E-state index contributed by atoms with van der Waals surface area (Å²) < 4.78 is 137. The van der Waals surface area contributed by atoms with Crippen LogP contribution < -0.4 is 19.6 Å². The van der Waals surface area contributed by atoms with Crippen molar-refractivity contribution in [2.75, 3.05) is 63.9 Å². The lowest BCUT2D eigenvalue weighted by Gasteiger charge is -2.27. The molecule has 0 spiro atoms. The predicted octanol–water partition coefficient (Wildman–Crippen LogP) is 3.63. The zero-order valence-electron chi connectivity index (χ0n) is 32.2. The van der Waals surface area contributed by atoms with E-state index in [0.717, 1.165) is 39.1 Å². The van der Waals surface area contributed by atoms with E-state index in [2.05, 4.69) is 0 Å². The fourth-order valence-corrected chi connectivity index (χ4v) is 9.96. The van der Waals surface area contributed by atoms with E-state index in [1.54, 1.807) is 21.9 Å². The van der Waals surface area contributed by atoms with Crippen molar-refractivity contribution in [2.24, 2.45) is 0 Å². The second-order valence-corrected chi connectivity index (χ2v) is 21.1. The maximum absolute atomic E-state index is 12.0. The van der Waals surface area contributed by atoms with Gasteiger partial charge in [-0.3, -0.25) is 18.6 Å². The molecule has 0 bridgehead atoms. The molecule has 2 unspecified atom stereocenters. The summed E-state index contributed by atoms with van der Waals surface area (Å²) in [6.45, 7) is -0.558. The fraction of sp³-hybridized carbons (Fsp3) is 0.300. The number of fused-ring (bicyclic) bond motifs is 6. The lowest BCUT2D eigenvalue weighted by atomic mass is 9.94. The molecule has 4 N–H and O–H groups in total. The Balaban J connectivity index is 1.27. The molecular weight excluding hydrogens is 857 g/mol. The van der Waals surface area contributed by atoms with Crippen LogP contribution in [-0.4, -0.2) is 107 Å². The highest BCUT2D eigenvalue weighted by atomic mass is 32.2. The molecule has 0 amide bonds. The van der Waals surface area contributed by atoms with Gasteiger partial charge in [-0.05, 0) is 65.5 Å². The van der Waals surface area contributed by atoms with Crippen molar-refractivity contribution < 1.29 is 56.8 Å². The number of hydrogen-bond donors (Lipinski definition) is 4. The summed E-state index contributed by atoms with van der Waals surface area (Å²) in [5.74, 6) is -2.07. The summed E-state index contributed by atoms with van der Waals surface area (Å²) in [4.78, 5) is 5.82. The van der Waals surface area contributed by atoms with Crippen LogP contribution in [0.25, 0.3) is 21.5 Å². The van der Waals surface area contributed by atoms with E-state index in [9.17, 15) is 51.9 Å². The van der Waals surface area contributed by atoms with Crippen LogP contribution in [0, 0.1) is 0 Å². The summed E-state index contributed by atoms with van der Waals surface area (Å²) in [6.07, 6.45) is 10.6. The Labute approximate surface area is 349 Å². The third kappa shape index (κ3) is 10.3. The van der Waals surface area contributed by atoms with Crippen molar-refractivity contribution in [1.82, 2.24) is 0 Å². The average molecular weight is 901 g/mol. The maximum Gasteiger partial charge on any atom is 0.266 e. The first-order chi connectivity index (χ1) is 28.2. The van der Waals surface area contributed by atoms with Crippen molar-refractivity contribution in [3.63, 3.8) is 0 Å². The molecule has 320 valence electrons. The lowest BCUT2D eigenvalue weighted by Crippen LogP contribution is -3.11. The SMILES string of the molecule is O=S(=O)([O-])CC[NH+]1c2ccc3ccccc3c2N(CCS(=O)(=O)O)C1/C=C/C1=CC(=C/C=C2/N(CCS(=O)(=O)O)c3ccc4ccccc4c3N2CCS(=O)(=O)O)/CCC1. The Morgan fingerprint density at radius 1 is 0.667 bits per heavy atom. The molecule has 20 heteroatoms. The first kappa shape index (κ1) is 43.4. The predicted molar refractivity (Wildman–Crippen MR) is 230 cm³/mol. The van der Waals surface area contributed by atoms with Gasteiger partial charge in [0.15, 0.2) is 11.9 Å². The molecule has 0 aromatic heterocycles. The van der Waals surface area contributed by atoms with E-state index in [1.807, 2.05) is 95.9 Å². The quantitative estimate of drug-likeness (QED) is 0.125. The van der Waals surface area contributed by atoms with E-state index in [1.165, 1.54) is 0 Å². The van der Waals surface area contributed by atoms with Crippen LogP contribution in [0.1, 0.15) is 19.3 Å². The van der Waals surface area contributed by atoms with Gasteiger partial charge < -0.3 is 19.3 Å². The van der Waals surface area contributed by atoms with E-state index < -0.39 is 69.6 Å². The van der Waals surface area contributed by atoms with Gasteiger partial charge in [-0.1, -0.05) is 72.8 Å². The molecule has 0 saturated heterocycles. The normalized spacial score (nSPS) is 20.2. The minimum atomic E-state index is -4.61. The first-order valence-electron chi connectivity index (χ1n) is 19.0. The number of benzene rings is 4. The first-order valence-corrected chi connectivity index (χ1v) is 25.5. The van der Waals surface area contributed by atoms with Gasteiger partial charge >= 0.3 is 0 Å². The second-order valence-electron chi connectivity index (χ2n) is 14.9. The van der Waals surface area contributed by atoms with E-state index in [0.29, 0.717) is 46.3 Å². The molecule has 60 heavy (non-hydrogen) atoms. The molecule has 4 aromatic carbocycles. The highest BCUT2D eigenvalue weighted by Crippen LogP contribution is 2.46. The number of anilines is 3. The molecule has 2 heterocycles. The smallest absolute Gasteiger partial charge is 0.266 e. The molecule has 0 radical (unpaired) electrons. The van der Waals surface area contributed by atoms with Crippen LogP contribution >= 0.6 is 0 Å². The zero-order valence-corrected chi connectivity index (χ0v) is 35.4. The summed E-state index contributed by atoms with van der Waals surface area (Å²) in [7, 11) is -17.8. The minimum Gasteiger partial charge on any atom is -0.748 e. The Bertz CT molecular complexity index is 2910. The van der Waals surface area contributed by atoms with E-state index in [4.69, 9.17) is 0 Å². The van der Waals surface area contributed by atoms with Crippen molar-refractivity contribution >= 4 is 84.8 Å². The van der Waals surface area contributed by atoms with Crippen molar-refractivity contribution in [2.45, 2.75) is 25.4 Å². The van der Waals surface area contributed by atoms with Crippen molar-refractivity contribution in [3.8, 4) is 0 Å². The molecule has 4 aromatic rings. The van der Waals surface area contributed by atoms with Crippen molar-refractivity contribution in [3.05, 3.63) is 120 Å². The molecule has 16 nitrogen and oxygen atoms in total. The van der Waals surface area contributed by atoms with Crippen LogP contribution in [0.15, 0.2) is 120 Å². The van der Waals surface area contributed by atoms with Gasteiger partial charge in [-0.25, -0.2) is 8.42 Å². The third-order valence-electron chi connectivity index (χ3n) is 10.8. The van der Waals surface area contributed by atoms with E-state index >= 15 is 0 Å². The largest absolute Gasteiger partial charge is 0.748 e. The number of nitrogens with one attached hydrogen (secondary N) is 1. The van der Waals surface area contributed by atoms with Crippen LogP contribution in [0.5, 0.6) is 0 Å². The van der Waals surface area contributed by atoms with Gasteiger partial charge in [-0.2, -0.15) is 25.3 Å². The molecular formula is C40H44N4O12S4. The van der Waals surface area contributed by atoms with Gasteiger partial charge in [-0.15, -0.1) is 0 Å². The average Bonchev–Trinajstić information content (AvgIpc) is 3.66. The van der Waals surface area contributed by atoms with Gasteiger partial charge in [0.2, 0.25) is 0 Å². The molecule has 2 aliphatic heterocycles. The number of hydrogen-bond acceptors (Lipinski definition) is 12. The highest BCUT2D eigenvalue weighted by Gasteiger charge is 2.41. The van der Waals surface area contributed by atoms with Gasteiger partial charge in [0, 0.05) is 36.5 Å². The van der Waals surface area contributed by atoms with Gasteiger partial charge in [0.05, 0.1) is 40.9 Å². The Kier molecular flexibility index (Phi) is 12.3. The summed E-state index contributed by atoms with van der Waals surface area (Å²) in [5.41, 5.74) is 4.28. The fourth-order valence-electron chi connectivity index (χ4n) is 8.23. The number of rotatable bonds is 15. The lowest BCUT2D eigenvalue weighted by molar-refractivity contribution is -0.843. The van der Waals surface area contributed by atoms with Crippen LogP contribution in [0.4, 0.5) is 22.7 Å². The Morgan fingerprint density at radius 3 is 1.88 bits per heavy atom. The molecule has 0 fully saturated rings. The van der Waals surface area contributed by atoms with Crippen LogP contribution in [-0.2, 0) is 40.5 Å².